The standard InChI is InChI=1S/C13H24NO3Si/c1-13-7-10-14(11-8-13)9-5-6-12-18(15-2,16-3)17-4/h7-8,10-11H,5-6,9,12H2,1-4H3/q+1. The molecular weight excluding hydrogens is 246 g/mol. The monoisotopic (exact) mass is 270 g/mol. The van der Waals surface area contributed by atoms with Crippen molar-refractivity contribution in [2.45, 2.75) is 32.4 Å². The molecule has 0 aromatic carbocycles. The van der Waals surface area contributed by atoms with E-state index in [2.05, 4.69) is 36.0 Å². The first-order valence-corrected chi connectivity index (χ1v) is 8.20. The minimum atomic E-state index is -2.37. The van der Waals surface area contributed by atoms with Crippen molar-refractivity contribution in [1.82, 2.24) is 0 Å². The molecule has 1 rings (SSSR count). The Kier molecular flexibility index (Phi) is 6.49. The molecule has 0 radical (unpaired) electrons. The van der Waals surface area contributed by atoms with E-state index in [-0.39, 0.29) is 0 Å². The predicted molar refractivity (Wildman–Crippen MR) is 72.2 cm³/mol. The topological polar surface area (TPSA) is 31.6 Å². The molecule has 1 aromatic heterocycles. The third kappa shape index (κ3) is 4.49. The molecule has 0 saturated heterocycles. The van der Waals surface area contributed by atoms with Gasteiger partial charge in [0.15, 0.2) is 12.4 Å². The highest BCUT2D eigenvalue weighted by Crippen LogP contribution is 2.16. The van der Waals surface area contributed by atoms with Crippen molar-refractivity contribution in [1.29, 1.82) is 0 Å². The second-order valence-electron chi connectivity index (χ2n) is 4.37. The molecule has 5 heteroatoms. The molecule has 0 N–H and O–H groups in total. The summed E-state index contributed by atoms with van der Waals surface area (Å²) in [5.41, 5.74) is 1.29. The zero-order chi connectivity index (χ0) is 13.4. The van der Waals surface area contributed by atoms with Gasteiger partial charge in [-0.15, -0.1) is 0 Å². The van der Waals surface area contributed by atoms with Crippen LogP contribution in [-0.4, -0.2) is 30.1 Å². The lowest BCUT2D eigenvalue weighted by atomic mass is 10.3. The van der Waals surface area contributed by atoms with Crippen LogP contribution in [0.25, 0.3) is 0 Å². The zero-order valence-electron chi connectivity index (χ0n) is 11.8. The van der Waals surface area contributed by atoms with Crippen molar-refractivity contribution < 1.29 is 17.8 Å². The third-order valence-electron chi connectivity index (χ3n) is 3.14. The van der Waals surface area contributed by atoms with E-state index >= 15 is 0 Å². The number of nitrogens with zero attached hydrogens (tertiary/aromatic N) is 1. The van der Waals surface area contributed by atoms with Gasteiger partial charge in [-0.05, 0) is 18.9 Å². The van der Waals surface area contributed by atoms with Crippen LogP contribution in [0.4, 0.5) is 0 Å². The van der Waals surface area contributed by atoms with E-state index in [4.69, 9.17) is 13.3 Å². The van der Waals surface area contributed by atoms with Crippen LogP contribution >= 0.6 is 0 Å². The second-order valence-corrected chi connectivity index (χ2v) is 7.46. The van der Waals surface area contributed by atoms with Crippen molar-refractivity contribution in [3.8, 4) is 0 Å². The van der Waals surface area contributed by atoms with E-state index < -0.39 is 8.80 Å². The summed E-state index contributed by atoms with van der Waals surface area (Å²) in [7, 11) is 2.61. The number of aromatic nitrogens is 1. The minimum Gasteiger partial charge on any atom is -0.377 e. The average molecular weight is 270 g/mol. The summed E-state index contributed by atoms with van der Waals surface area (Å²) in [5, 5.41) is 0. The molecule has 0 spiro atoms. The van der Waals surface area contributed by atoms with Gasteiger partial charge in [-0.2, -0.15) is 0 Å². The van der Waals surface area contributed by atoms with Crippen molar-refractivity contribution >= 4 is 8.80 Å². The molecule has 102 valence electrons. The molecule has 0 fully saturated rings. The Balaban J connectivity index is 2.31. The molecule has 1 heterocycles. The Bertz CT molecular complexity index is 330. The van der Waals surface area contributed by atoms with E-state index in [1.165, 1.54) is 5.56 Å². The van der Waals surface area contributed by atoms with E-state index in [1.807, 2.05) is 0 Å². The van der Waals surface area contributed by atoms with Gasteiger partial charge in [0, 0.05) is 45.9 Å². The van der Waals surface area contributed by atoms with Gasteiger partial charge in [-0.3, -0.25) is 0 Å². The van der Waals surface area contributed by atoms with Crippen molar-refractivity contribution in [3.63, 3.8) is 0 Å². The molecule has 1 aromatic rings. The first-order chi connectivity index (χ1) is 8.65. The van der Waals surface area contributed by atoms with Gasteiger partial charge < -0.3 is 13.3 Å². The molecule has 0 unspecified atom stereocenters. The molecule has 0 aliphatic rings. The highest BCUT2D eigenvalue weighted by atomic mass is 28.4. The molecule has 18 heavy (non-hydrogen) atoms. The Hall–Kier alpha value is -0.753. The van der Waals surface area contributed by atoms with E-state index in [0.29, 0.717) is 0 Å². The molecular formula is C13H24NO3Si+. The summed E-state index contributed by atoms with van der Waals surface area (Å²) in [6, 6.07) is 5.11. The first-order valence-electron chi connectivity index (χ1n) is 6.27. The van der Waals surface area contributed by atoms with Crippen LogP contribution in [0, 0.1) is 6.92 Å². The minimum absolute atomic E-state index is 0.864. The lowest BCUT2D eigenvalue weighted by Crippen LogP contribution is -2.42. The fourth-order valence-corrected chi connectivity index (χ4v) is 3.67. The van der Waals surface area contributed by atoms with Crippen LogP contribution in [0.2, 0.25) is 6.04 Å². The quantitative estimate of drug-likeness (QED) is 0.411. The van der Waals surface area contributed by atoms with Gasteiger partial charge in [-0.1, -0.05) is 0 Å². The lowest BCUT2D eigenvalue weighted by Gasteiger charge is -2.23. The Morgan fingerprint density at radius 2 is 1.56 bits per heavy atom. The normalized spacial score (nSPS) is 11.8. The van der Waals surface area contributed by atoms with Gasteiger partial charge in [-0.25, -0.2) is 4.57 Å². The van der Waals surface area contributed by atoms with Crippen molar-refractivity contribution in [2.75, 3.05) is 21.3 Å². The van der Waals surface area contributed by atoms with Crippen LogP contribution in [0.1, 0.15) is 18.4 Å². The summed E-state index contributed by atoms with van der Waals surface area (Å²) in [4.78, 5) is 0. The van der Waals surface area contributed by atoms with Gasteiger partial charge in [0.05, 0.1) is 0 Å². The summed E-state index contributed by atoms with van der Waals surface area (Å²) in [6.07, 6.45) is 6.37. The third-order valence-corrected chi connectivity index (χ3v) is 5.97. The van der Waals surface area contributed by atoms with E-state index in [0.717, 1.165) is 25.4 Å². The molecule has 0 saturated carbocycles. The highest BCUT2D eigenvalue weighted by Gasteiger charge is 2.36. The largest absolute Gasteiger partial charge is 0.500 e. The number of hydrogen-bond acceptors (Lipinski definition) is 3. The molecule has 0 bridgehead atoms. The smallest absolute Gasteiger partial charge is 0.377 e. The van der Waals surface area contributed by atoms with Gasteiger partial charge in [0.25, 0.3) is 0 Å². The number of hydrogen-bond donors (Lipinski definition) is 0. The van der Waals surface area contributed by atoms with Gasteiger partial charge in [0.1, 0.15) is 6.54 Å². The predicted octanol–water partition coefficient (Wildman–Crippen LogP) is 1.94. The van der Waals surface area contributed by atoms with E-state index in [1.54, 1.807) is 21.3 Å². The Morgan fingerprint density at radius 3 is 2.06 bits per heavy atom. The highest BCUT2D eigenvalue weighted by molar-refractivity contribution is 6.60. The van der Waals surface area contributed by atoms with Gasteiger partial charge in [0.2, 0.25) is 0 Å². The maximum atomic E-state index is 5.39. The maximum absolute atomic E-state index is 5.39. The van der Waals surface area contributed by atoms with Gasteiger partial charge >= 0.3 is 8.80 Å². The first kappa shape index (κ1) is 15.3. The number of pyridine rings is 1. The molecule has 0 atom stereocenters. The zero-order valence-corrected chi connectivity index (χ0v) is 12.8. The van der Waals surface area contributed by atoms with Crippen molar-refractivity contribution in [2.24, 2.45) is 0 Å². The lowest BCUT2D eigenvalue weighted by molar-refractivity contribution is -0.697. The van der Waals surface area contributed by atoms with Crippen LogP contribution in [0.3, 0.4) is 0 Å². The van der Waals surface area contributed by atoms with Crippen LogP contribution < -0.4 is 4.57 Å². The SMILES string of the molecule is CO[Si](CCCC[n+]1ccc(C)cc1)(OC)OC. The average Bonchev–Trinajstić information content (AvgIpc) is 2.42. The van der Waals surface area contributed by atoms with Crippen LogP contribution in [0.15, 0.2) is 24.5 Å². The molecule has 0 aliphatic carbocycles. The summed E-state index contributed by atoms with van der Waals surface area (Å²) in [6.45, 7) is 3.11. The van der Waals surface area contributed by atoms with Crippen LogP contribution in [-0.2, 0) is 19.8 Å². The number of unbranched alkanes of at least 4 members (excludes halogenated alkanes) is 1. The maximum Gasteiger partial charge on any atom is 0.500 e. The summed E-state index contributed by atoms with van der Waals surface area (Å²) >= 11 is 0. The Labute approximate surface area is 111 Å². The van der Waals surface area contributed by atoms with Crippen molar-refractivity contribution in [3.05, 3.63) is 30.1 Å². The molecule has 0 aliphatic heterocycles. The molecule has 0 amide bonds. The number of rotatable bonds is 8. The second kappa shape index (κ2) is 7.63. The fourth-order valence-electron chi connectivity index (χ4n) is 1.87. The van der Waals surface area contributed by atoms with E-state index in [9.17, 15) is 0 Å². The summed E-state index contributed by atoms with van der Waals surface area (Å²) < 4.78 is 18.4. The molecule has 4 nitrogen and oxygen atoms in total. The summed E-state index contributed by atoms with van der Waals surface area (Å²) in [5.74, 6) is 0. The number of aryl methyl sites for hydroxylation is 2. The Morgan fingerprint density at radius 1 is 1.00 bits per heavy atom. The van der Waals surface area contributed by atoms with Crippen LogP contribution in [0.5, 0.6) is 0 Å². The fraction of sp³-hybridized carbons (Fsp3) is 0.615.